The minimum absolute atomic E-state index is 0.116. The molecule has 150 valence electrons. The van der Waals surface area contributed by atoms with Gasteiger partial charge in [0.1, 0.15) is 11.4 Å². The van der Waals surface area contributed by atoms with Crippen LogP contribution in [0.4, 0.5) is 18.9 Å². The first kappa shape index (κ1) is 19.9. The van der Waals surface area contributed by atoms with Crippen LogP contribution >= 0.6 is 0 Å². The number of benzene rings is 2. The van der Waals surface area contributed by atoms with Crippen LogP contribution in [0.3, 0.4) is 0 Å². The van der Waals surface area contributed by atoms with Gasteiger partial charge in [0, 0.05) is 22.7 Å². The van der Waals surface area contributed by atoms with E-state index in [1.807, 2.05) is 0 Å². The summed E-state index contributed by atoms with van der Waals surface area (Å²) in [5.41, 5.74) is 0.129. The number of alkyl halides is 3. The second-order valence-corrected chi connectivity index (χ2v) is 5.79. The molecule has 0 aliphatic rings. The number of halogens is 3. The number of para-hydroxylation sites is 1. The number of rotatable bonds is 5. The lowest BCUT2D eigenvalue weighted by atomic mass is 10.2. The van der Waals surface area contributed by atoms with Crippen molar-refractivity contribution in [1.82, 2.24) is 4.98 Å². The molecule has 2 aromatic carbocycles. The molecule has 0 unspecified atom stereocenters. The van der Waals surface area contributed by atoms with Gasteiger partial charge in [0.05, 0.1) is 0 Å². The number of fused-ring (bicyclic) bond motifs is 1. The molecular formula is C19H13F3N2O5. The fraction of sp³-hybridized carbons (Fsp3) is 0.105. The number of carbonyl (C=O) groups excluding carboxylic acids is 2. The summed E-state index contributed by atoms with van der Waals surface area (Å²) in [5, 5.41) is 2.76. The molecule has 0 saturated carbocycles. The maximum Gasteiger partial charge on any atom is 0.573 e. The van der Waals surface area contributed by atoms with Gasteiger partial charge in [-0.25, -0.2) is 4.79 Å². The number of aromatic nitrogens is 1. The Kier molecular flexibility index (Phi) is 5.53. The van der Waals surface area contributed by atoms with Gasteiger partial charge in [0.25, 0.3) is 5.91 Å². The molecule has 0 atom stereocenters. The van der Waals surface area contributed by atoms with Crippen molar-refractivity contribution in [2.75, 3.05) is 11.9 Å². The van der Waals surface area contributed by atoms with Crippen LogP contribution in [-0.2, 0) is 9.53 Å². The highest BCUT2D eigenvalue weighted by Crippen LogP contribution is 2.23. The highest BCUT2D eigenvalue weighted by atomic mass is 19.4. The molecule has 0 spiro atoms. The average Bonchev–Trinajstić information content (AvgIpc) is 2.66. The number of pyridine rings is 1. The summed E-state index contributed by atoms with van der Waals surface area (Å²) < 4.78 is 44.9. The van der Waals surface area contributed by atoms with Crippen LogP contribution in [0.5, 0.6) is 5.75 Å². The Balaban J connectivity index is 1.58. The largest absolute Gasteiger partial charge is 0.573 e. The van der Waals surface area contributed by atoms with E-state index >= 15 is 0 Å². The third-order valence-electron chi connectivity index (χ3n) is 3.66. The lowest BCUT2D eigenvalue weighted by Gasteiger charge is -2.10. The Morgan fingerprint density at radius 3 is 2.41 bits per heavy atom. The first-order valence-corrected chi connectivity index (χ1v) is 8.16. The normalized spacial score (nSPS) is 11.1. The van der Waals surface area contributed by atoms with Crippen molar-refractivity contribution >= 4 is 28.5 Å². The summed E-state index contributed by atoms with van der Waals surface area (Å²) in [6.45, 7) is -0.658. The van der Waals surface area contributed by atoms with Gasteiger partial charge in [-0.3, -0.25) is 9.59 Å². The van der Waals surface area contributed by atoms with E-state index in [4.69, 9.17) is 4.74 Å². The Morgan fingerprint density at radius 2 is 1.72 bits per heavy atom. The number of aromatic amines is 1. The number of ether oxygens (including phenoxy) is 2. The standard InChI is InChI=1S/C19H13F3N2O5/c20-19(21,22)29-12-7-5-11(6-8-12)23-17(26)10-28-18(27)15-9-16(25)13-3-1-2-4-14(13)24-15/h1-9H,10H2,(H,23,26)(H,24,25). The molecular weight excluding hydrogens is 393 g/mol. The van der Waals surface area contributed by atoms with Gasteiger partial charge in [-0.05, 0) is 36.4 Å². The molecule has 0 saturated heterocycles. The fourth-order valence-corrected chi connectivity index (χ4v) is 2.45. The highest BCUT2D eigenvalue weighted by Gasteiger charge is 2.30. The van der Waals surface area contributed by atoms with E-state index in [9.17, 15) is 27.6 Å². The summed E-state index contributed by atoms with van der Waals surface area (Å²) in [5.74, 6) is -2.06. The lowest BCUT2D eigenvalue weighted by molar-refractivity contribution is -0.274. The van der Waals surface area contributed by atoms with Crippen molar-refractivity contribution in [3.8, 4) is 5.75 Å². The van der Waals surface area contributed by atoms with E-state index in [0.29, 0.717) is 10.9 Å². The molecule has 29 heavy (non-hydrogen) atoms. The Labute approximate surface area is 161 Å². The molecule has 0 radical (unpaired) electrons. The zero-order chi connectivity index (χ0) is 21.0. The summed E-state index contributed by atoms with van der Waals surface area (Å²) in [6, 6.07) is 12.1. The van der Waals surface area contributed by atoms with Crippen LogP contribution < -0.4 is 15.5 Å². The lowest BCUT2D eigenvalue weighted by Crippen LogP contribution is -2.22. The van der Waals surface area contributed by atoms with Gasteiger partial charge in [-0.15, -0.1) is 13.2 Å². The van der Waals surface area contributed by atoms with Crippen molar-refractivity contribution in [2.24, 2.45) is 0 Å². The quantitative estimate of drug-likeness (QED) is 0.634. The smallest absolute Gasteiger partial charge is 0.451 e. The van der Waals surface area contributed by atoms with Gasteiger partial charge in [0.15, 0.2) is 12.0 Å². The molecule has 0 aliphatic heterocycles. The first-order chi connectivity index (χ1) is 13.7. The first-order valence-electron chi connectivity index (χ1n) is 8.16. The maximum atomic E-state index is 12.1. The summed E-state index contributed by atoms with van der Waals surface area (Å²) >= 11 is 0. The Hall–Kier alpha value is -3.82. The zero-order valence-electron chi connectivity index (χ0n) is 14.6. The summed E-state index contributed by atoms with van der Waals surface area (Å²) in [6.07, 6.45) is -4.82. The predicted molar refractivity (Wildman–Crippen MR) is 96.6 cm³/mol. The molecule has 3 rings (SSSR count). The Morgan fingerprint density at radius 1 is 1.03 bits per heavy atom. The van der Waals surface area contributed by atoms with Gasteiger partial charge in [-0.2, -0.15) is 0 Å². The summed E-state index contributed by atoms with van der Waals surface area (Å²) in [4.78, 5) is 38.7. The van der Waals surface area contributed by atoms with Crippen LogP contribution in [0.2, 0.25) is 0 Å². The average molecular weight is 406 g/mol. The topological polar surface area (TPSA) is 97.5 Å². The molecule has 3 aromatic rings. The number of esters is 1. The SMILES string of the molecule is O=C(COC(=O)c1cc(=O)c2ccccc2[nH]1)Nc1ccc(OC(F)(F)F)cc1. The molecule has 2 N–H and O–H groups in total. The van der Waals surface area contributed by atoms with E-state index in [0.717, 1.165) is 18.2 Å². The molecule has 10 heteroatoms. The van der Waals surface area contributed by atoms with Crippen LogP contribution in [0, 0.1) is 0 Å². The maximum absolute atomic E-state index is 12.1. The third kappa shape index (κ3) is 5.34. The van der Waals surface area contributed by atoms with Crippen molar-refractivity contribution in [1.29, 1.82) is 0 Å². The van der Waals surface area contributed by atoms with Crippen molar-refractivity contribution in [2.45, 2.75) is 6.36 Å². The molecule has 0 bridgehead atoms. The van der Waals surface area contributed by atoms with Crippen LogP contribution in [0.15, 0.2) is 59.4 Å². The third-order valence-corrected chi connectivity index (χ3v) is 3.66. The van der Waals surface area contributed by atoms with E-state index in [1.165, 1.54) is 12.1 Å². The second-order valence-electron chi connectivity index (χ2n) is 5.79. The van der Waals surface area contributed by atoms with Crippen molar-refractivity contribution < 1.29 is 32.2 Å². The number of amides is 1. The van der Waals surface area contributed by atoms with Crippen molar-refractivity contribution in [3.63, 3.8) is 0 Å². The van der Waals surface area contributed by atoms with Crippen LogP contribution in [-0.4, -0.2) is 29.8 Å². The van der Waals surface area contributed by atoms with E-state index in [1.54, 1.807) is 24.3 Å². The highest BCUT2D eigenvalue weighted by molar-refractivity contribution is 5.95. The minimum atomic E-state index is -4.82. The van der Waals surface area contributed by atoms with Crippen LogP contribution in [0.1, 0.15) is 10.5 Å². The molecule has 1 heterocycles. The number of carbonyl (C=O) groups is 2. The van der Waals surface area contributed by atoms with E-state index < -0.39 is 30.6 Å². The molecule has 0 aliphatic carbocycles. The van der Waals surface area contributed by atoms with Gasteiger partial charge < -0.3 is 19.8 Å². The number of hydrogen-bond acceptors (Lipinski definition) is 5. The number of nitrogens with one attached hydrogen (secondary N) is 2. The van der Waals surface area contributed by atoms with Crippen molar-refractivity contribution in [3.05, 3.63) is 70.5 Å². The molecule has 7 nitrogen and oxygen atoms in total. The minimum Gasteiger partial charge on any atom is -0.451 e. The monoisotopic (exact) mass is 406 g/mol. The van der Waals surface area contributed by atoms with Gasteiger partial charge >= 0.3 is 12.3 Å². The van der Waals surface area contributed by atoms with Gasteiger partial charge in [0.2, 0.25) is 0 Å². The summed E-state index contributed by atoms with van der Waals surface area (Å²) in [7, 11) is 0. The number of anilines is 1. The number of H-pyrrole nitrogens is 1. The second kappa shape index (κ2) is 8.05. The van der Waals surface area contributed by atoms with Gasteiger partial charge in [-0.1, -0.05) is 12.1 Å². The number of hydrogen-bond donors (Lipinski definition) is 2. The fourth-order valence-electron chi connectivity index (χ4n) is 2.45. The predicted octanol–water partition coefficient (Wildman–Crippen LogP) is 3.22. The molecule has 0 fully saturated rings. The molecule has 1 aromatic heterocycles. The zero-order valence-corrected chi connectivity index (χ0v) is 14.6. The Bertz CT molecular complexity index is 1110. The van der Waals surface area contributed by atoms with E-state index in [-0.39, 0.29) is 16.8 Å². The van der Waals surface area contributed by atoms with E-state index in [2.05, 4.69) is 15.0 Å². The molecule has 1 amide bonds. The van der Waals surface area contributed by atoms with Crippen LogP contribution in [0.25, 0.3) is 10.9 Å².